The summed E-state index contributed by atoms with van der Waals surface area (Å²) in [4.78, 5) is 15.9. The zero-order valence-electron chi connectivity index (χ0n) is 21.2. The van der Waals surface area contributed by atoms with Crippen LogP contribution in [-0.2, 0) is 23.5 Å². The summed E-state index contributed by atoms with van der Waals surface area (Å²) in [5, 5.41) is 10.1. The van der Waals surface area contributed by atoms with Gasteiger partial charge in [-0.05, 0) is 54.7 Å². The van der Waals surface area contributed by atoms with Gasteiger partial charge in [0.2, 0.25) is 0 Å². The summed E-state index contributed by atoms with van der Waals surface area (Å²) in [7, 11) is 0. The average Bonchev–Trinajstić information content (AvgIpc) is 3.42. The van der Waals surface area contributed by atoms with Crippen LogP contribution in [0.3, 0.4) is 0 Å². The number of nitrogens with zero attached hydrogens (tertiary/aromatic N) is 2. The van der Waals surface area contributed by atoms with Crippen LogP contribution in [-0.4, -0.2) is 46.8 Å². The monoisotopic (exact) mass is 496 g/mol. The molecule has 6 rings (SSSR count). The van der Waals surface area contributed by atoms with E-state index >= 15 is 0 Å². The van der Waals surface area contributed by atoms with Crippen molar-refractivity contribution in [1.82, 2.24) is 9.47 Å². The van der Waals surface area contributed by atoms with Gasteiger partial charge in [-0.25, -0.2) is 0 Å². The maximum atomic E-state index is 13.9. The average molecular weight is 497 g/mol. The molecule has 0 radical (unpaired) electrons. The number of aliphatic hydroxyl groups excluding tert-OH is 1. The Balaban J connectivity index is 1.25. The Morgan fingerprint density at radius 1 is 1.03 bits per heavy atom. The first-order valence-corrected chi connectivity index (χ1v) is 13.0. The van der Waals surface area contributed by atoms with Crippen LogP contribution in [0.15, 0.2) is 72.8 Å². The molecule has 190 valence electrons. The Hall–Kier alpha value is -3.61. The first-order chi connectivity index (χ1) is 18.1. The standard InChI is InChI=1S/C31H32N2O4/c1-22-29(26-9-5-6-10-28(26)33(22)20-23-7-3-2-4-8-23)30(35)32-15-13-31(14-16-32)27-19-25(36-18-17-34)12-11-24(27)21-37-31/h2-12,19,34H,13-18,20-21H2,1H3. The highest BCUT2D eigenvalue weighted by atomic mass is 16.5. The van der Waals surface area contributed by atoms with Crippen molar-refractivity contribution >= 4 is 16.8 Å². The number of benzene rings is 3. The molecule has 6 nitrogen and oxygen atoms in total. The molecule has 0 saturated carbocycles. The van der Waals surface area contributed by atoms with Gasteiger partial charge in [-0.2, -0.15) is 0 Å². The fraction of sp³-hybridized carbons (Fsp3) is 0.323. The number of carbonyl (C=O) groups excluding carboxylic acids is 1. The number of amides is 1. The summed E-state index contributed by atoms with van der Waals surface area (Å²) in [6.07, 6.45) is 1.49. The van der Waals surface area contributed by atoms with Crippen molar-refractivity contribution in [3.63, 3.8) is 0 Å². The molecule has 6 heteroatoms. The molecule has 0 atom stereocenters. The van der Waals surface area contributed by atoms with Gasteiger partial charge in [0.1, 0.15) is 12.4 Å². The van der Waals surface area contributed by atoms with E-state index in [-0.39, 0.29) is 24.7 Å². The number of likely N-dealkylation sites (tertiary alicyclic amines) is 1. The van der Waals surface area contributed by atoms with Crippen LogP contribution in [0.1, 0.15) is 45.6 Å². The lowest BCUT2D eigenvalue weighted by atomic mass is 9.83. The smallest absolute Gasteiger partial charge is 0.256 e. The highest BCUT2D eigenvalue weighted by Gasteiger charge is 2.44. The maximum Gasteiger partial charge on any atom is 0.256 e. The van der Waals surface area contributed by atoms with E-state index < -0.39 is 0 Å². The lowest BCUT2D eigenvalue weighted by Crippen LogP contribution is -2.45. The van der Waals surface area contributed by atoms with Gasteiger partial charge in [-0.15, -0.1) is 0 Å². The SMILES string of the molecule is Cc1c(C(=O)N2CCC3(CC2)OCc2ccc(OCCO)cc23)c2ccccc2n1Cc1ccccc1. The number of piperidine rings is 1. The molecule has 3 heterocycles. The number of hydrogen-bond donors (Lipinski definition) is 1. The Morgan fingerprint density at radius 2 is 1.78 bits per heavy atom. The highest BCUT2D eigenvalue weighted by molar-refractivity contribution is 6.08. The van der Waals surface area contributed by atoms with Gasteiger partial charge in [0.15, 0.2) is 0 Å². The number of para-hydroxylation sites is 1. The van der Waals surface area contributed by atoms with E-state index in [1.807, 2.05) is 29.2 Å². The first-order valence-electron chi connectivity index (χ1n) is 13.0. The van der Waals surface area contributed by atoms with Gasteiger partial charge in [-0.3, -0.25) is 4.79 Å². The van der Waals surface area contributed by atoms with E-state index in [0.717, 1.165) is 52.9 Å². The molecule has 0 unspecified atom stereocenters. The molecule has 4 aromatic rings. The zero-order chi connectivity index (χ0) is 25.4. The van der Waals surface area contributed by atoms with Crippen LogP contribution >= 0.6 is 0 Å². The Labute approximate surface area is 217 Å². The molecule has 1 fully saturated rings. The zero-order valence-corrected chi connectivity index (χ0v) is 21.2. The molecule has 1 aromatic heterocycles. The minimum Gasteiger partial charge on any atom is -0.491 e. The number of aliphatic hydroxyl groups is 1. The molecular formula is C31H32N2O4. The Morgan fingerprint density at radius 3 is 2.57 bits per heavy atom. The van der Waals surface area contributed by atoms with E-state index in [1.165, 1.54) is 11.1 Å². The predicted octanol–water partition coefficient (Wildman–Crippen LogP) is 5.03. The van der Waals surface area contributed by atoms with Crippen molar-refractivity contribution in [1.29, 1.82) is 0 Å². The van der Waals surface area contributed by atoms with Crippen LogP contribution < -0.4 is 4.74 Å². The third kappa shape index (κ3) is 4.20. The molecule has 1 saturated heterocycles. The minimum atomic E-state index is -0.388. The quantitative estimate of drug-likeness (QED) is 0.407. The second-order valence-corrected chi connectivity index (χ2v) is 10.0. The van der Waals surface area contributed by atoms with Crippen LogP contribution in [0.5, 0.6) is 5.75 Å². The molecule has 3 aromatic carbocycles. The third-order valence-corrected chi connectivity index (χ3v) is 7.92. The number of carbonyl (C=O) groups is 1. The molecule has 0 aliphatic carbocycles. The number of rotatable bonds is 6. The maximum absolute atomic E-state index is 13.9. The topological polar surface area (TPSA) is 63.9 Å². The fourth-order valence-corrected chi connectivity index (χ4v) is 5.97. The van der Waals surface area contributed by atoms with E-state index in [4.69, 9.17) is 14.6 Å². The number of ether oxygens (including phenoxy) is 2. The van der Waals surface area contributed by atoms with Gasteiger partial charge in [0.25, 0.3) is 5.91 Å². The predicted molar refractivity (Wildman–Crippen MR) is 143 cm³/mol. The number of hydrogen-bond acceptors (Lipinski definition) is 4. The van der Waals surface area contributed by atoms with E-state index in [2.05, 4.69) is 60.0 Å². The summed E-state index contributed by atoms with van der Waals surface area (Å²) in [6.45, 7) is 4.90. The van der Waals surface area contributed by atoms with Crippen LogP contribution in [0.4, 0.5) is 0 Å². The van der Waals surface area contributed by atoms with Gasteiger partial charge >= 0.3 is 0 Å². The van der Waals surface area contributed by atoms with Crippen molar-refractivity contribution in [2.45, 2.75) is 38.5 Å². The largest absolute Gasteiger partial charge is 0.491 e. The van der Waals surface area contributed by atoms with Crippen molar-refractivity contribution < 1.29 is 19.4 Å². The number of aromatic nitrogens is 1. The van der Waals surface area contributed by atoms with E-state index in [9.17, 15) is 4.79 Å². The van der Waals surface area contributed by atoms with Crippen molar-refractivity contribution in [2.75, 3.05) is 26.3 Å². The Kier molecular flexibility index (Phi) is 6.22. The molecule has 2 aliphatic heterocycles. The summed E-state index contributed by atoms with van der Waals surface area (Å²) >= 11 is 0. The lowest BCUT2D eigenvalue weighted by molar-refractivity contribution is -0.0742. The summed E-state index contributed by atoms with van der Waals surface area (Å²) in [6, 6.07) is 24.6. The van der Waals surface area contributed by atoms with E-state index in [1.54, 1.807) is 0 Å². The third-order valence-electron chi connectivity index (χ3n) is 7.92. The lowest BCUT2D eigenvalue weighted by Gasteiger charge is -2.39. The molecule has 0 bridgehead atoms. The van der Waals surface area contributed by atoms with Crippen LogP contribution in [0, 0.1) is 6.92 Å². The van der Waals surface area contributed by atoms with Crippen molar-refractivity contribution in [3.05, 3.63) is 101 Å². The molecule has 37 heavy (non-hydrogen) atoms. The fourth-order valence-electron chi connectivity index (χ4n) is 5.97. The van der Waals surface area contributed by atoms with Crippen molar-refractivity contribution in [3.8, 4) is 5.75 Å². The van der Waals surface area contributed by atoms with Gasteiger partial charge in [0.05, 0.1) is 24.4 Å². The second-order valence-electron chi connectivity index (χ2n) is 10.0. The van der Waals surface area contributed by atoms with Crippen LogP contribution in [0.2, 0.25) is 0 Å². The van der Waals surface area contributed by atoms with Crippen LogP contribution in [0.25, 0.3) is 10.9 Å². The minimum absolute atomic E-state index is 0.0169. The van der Waals surface area contributed by atoms with Gasteiger partial charge in [0, 0.05) is 36.2 Å². The molecule has 2 aliphatic rings. The first kappa shape index (κ1) is 23.8. The van der Waals surface area contributed by atoms with Gasteiger partial charge < -0.3 is 24.0 Å². The highest BCUT2D eigenvalue weighted by Crippen LogP contribution is 2.45. The Bertz CT molecular complexity index is 1430. The normalized spacial score (nSPS) is 16.3. The summed E-state index contributed by atoms with van der Waals surface area (Å²) < 4.78 is 14.3. The molecular weight excluding hydrogens is 464 g/mol. The van der Waals surface area contributed by atoms with Gasteiger partial charge in [-0.1, -0.05) is 54.6 Å². The summed E-state index contributed by atoms with van der Waals surface area (Å²) in [5.74, 6) is 0.839. The molecule has 1 N–H and O–H groups in total. The van der Waals surface area contributed by atoms with E-state index in [0.29, 0.717) is 19.7 Å². The van der Waals surface area contributed by atoms with Crippen molar-refractivity contribution in [2.24, 2.45) is 0 Å². The summed E-state index contributed by atoms with van der Waals surface area (Å²) in [5.41, 5.74) is 6.05. The molecule has 1 spiro atoms. The number of fused-ring (bicyclic) bond motifs is 3. The second kappa shape index (κ2) is 9.69. The molecule has 1 amide bonds.